The van der Waals surface area contributed by atoms with E-state index in [9.17, 15) is 4.79 Å². The van der Waals surface area contributed by atoms with Crippen molar-refractivity contribution in [2.24, 2.45) is 5.73 Å². The first kappa shape index (κ1) is 12.7. The Balaban J connectivity index is 2.65. The fourth-order valence-electron chi connectivity index (χ4n) is 1.37. The van der Waals surface area contributed by atoms with Gasteiger partial charge in [0.1, 0.15) is 0 Å². The summed E-state index contributed by atoms with van der Waals surface area (Å²) in [5.74, 6) is 0.377. The number of carbonyl (C=O) groups excluding carboxylic acids is 1. The van der Waals surface area contributed by atoms with E-state index < -0.39 is 6.04 Å². The molecule has 1 unspecified atom stereocenters. The highest BCUT2D eigenvalue weighted by molar-refractivity contribution is 5.94. The summed E-state index contributed by atoms with van der Waals surface area (Å²) in [7, 11) is 0. The van der Waals surface area contributed by atoms with Gasteiger partial charge in [0.15, 0.2) is 0 Å². The van der Waals surface area contributed by atoms with Crippen molar-refractivity contribution < 1.29 is 4.79 Å². The summed E-state index contributed by atoms with van der Waals surface area (Å²) in [6.07, 6.45) is 0.649. The van der Waals surface area contributed by atoms with Gasteiger partial charge in [0.05, 0.1) is 6.04 Å². The highest BCUT2D eigenvalue weighted by Gasteiger charge is 2.10. The molecule has 0 radical (unpaired) electrons. The molecule has 3 heteroatoms. The molecule has 1 amide bonds. The molecule has 16 heavy (non-hydrogen) atoms. The molecule has 0 heterocycles. The van der Waals surface area contributed by atoms with Gasteiger partial charge < -0.3 is 11.1 Å². The minimum Gasteiger partial charge on any atom is -0.325 e. The lowest BCUT2D eigenvalue weighted by molar-refractivity contribution is -0.117. The lowest BCUT2D eigenvalue weighted by Crippen LogP contribution is -2.34. The van der Waals surface area contributed by atoms with Crippen molar-refractivity contribution in [3.05, 3.63) is 29.8 Å². The normalized spacial score (nSPS) is 12.6. The molecule has 1 atom stereocenters. The summed E-state index contributed by atoms with van der Waals surface area (Å²) in [6.45, 7) is 6.17. The highest BCUT2D eigenvalue weighted by atomic mass is 16.2. The summed E-state index contributed by atoms with van der Waals surface area (Å²) >= 11 is 0. The largest absolute Gasteiger partial charge is 0.325 e. The van der Waals surface area contributed by atoms with Crippen LogP contribution in [0.4, 0.5) is 5.69 Å². The predicted octanol–water partition coefficient (Wildman–Crippen LogP) is 2.49. The van der Waals surface area contributed by atoms with Gasteiger partial charge >= 0.3 is 0 Å². The number of anilines is 1. The smallest absolute Gasteiger partial charge is 0.241 e. The number of rotatable bonds is 4. The second-order valence-electron chi connectivity index (χ2n) is 4.28. The molecule has 0 saturated carbocycles. The van der Waals surface area contributed by atoms with E-state index in [1.165, 1.54) is 5.56 Å². The lowest BCUT2D eigenvalue weighted by Gasteiger charge is -2.11. The average molecular weight is 220 g/mol. The molecule has 0 bridgehead atoms. The molecule has 1 aromatic rings. The molecule has 0 fully saturated rings. The van der Waals surface area contributed by atoms with Crippen LogP contribution in [-0.4, -0.2) is 11.9 Å². The van der Waals surface area contributed by atoms with Crippen molar-refractivity contribution in [2.45, 2.75) is 39.2 Å². The van der Waals surface area contributed by atoms with Crippen LogP contribution < -0.4 is 11.1 Å². The molecule has 1 aromatic carbocycles. The molecule has 0 aliphatic heterocycles. The molecule has 3 N–H and O–H groups in total. The van der Waals surface area contributed by atoms with Crippen LogP contribution in [0.3, 0.4) is 0 Å². The Morgan fingerprint density at radius 2 is 1.88 bits per heavy atom. The van der Waals surface area contributed by atoms with Gasteiger partial charge in [0, 0.05) is 5.69 Å². The molecular formula is C13H20N2O. The maximum absolute atomic E-state index is 11.5. The van der Waals surface area contributed by atoms with Crippen LogP contribution in [0.2, 0.25) is 0 Å². The fourth-order valence-corrected chi connectivity index (χ4v) is 1.37. The van der Waals surface area contributed by atoms with Crippen LogP contribution in [0, 0.1) is 0 Å². The average Bonchev–Trinajstić information content (AvgIpc) is 2.28. The van der Waals surface area contributed by atoms with Gasteiger partial charge in [-0.3, -0.25) is 4.79 Å². The third-order valence-electron chi connectivity index (χ3n) is 2.62. The van der Waals surface area contributed by atoms with E-state index in [4.69, 9.17) is 5.73 Å². The predicted molar refractivity (Wildman–Crippen MR) is 67.4 cm³/mol. The van der Waals surface area contributed by atoms with Gasteiger partial charge in [-0.25, -0.2) is 0 Å². The summed E-state index contributed by atoms with van der Waals surface area (Å²) in [6, 6.07) is 7.45. The Kier molecular flexibility index (Phi) is 4.50. The van der Waals surface area contributed by atoms with Crippen molar-refractivity contribution in [2.75, 3.05) is 5.32 Å². The van der Waals surface area contributed by atoms with Crippen molar-refractivity contribution in [1.29, 1.82) is 0 Å². The van der Waals surface area contributed by atoms with E-state index in [-0.39, 0.29) is 5.91 Å². The quantitative estimate of drug-likeness (QED) is 0.819. The van der Waals surface area contributed by atoms with E-state index in [1.807, 2.05) is 31.2 Å². The van der Waals surface area contributed by atoms with Crippen LogP contribution in [0.1, 0.15) is 38.7 Å². The van der Waals surface area contributed by atoms with E-state index >= 15 is 0 Å². The SMILES string of the molecule is CCC(N)C(=O)Nc1ccc(C(C)C)cc1. The Labute approximate surface area is 97.0 Å². The Bertz CT molecular complexity index is 343. The van der Waals surface area contributed by atoms with Crippen molar-refractivity contribution >= 4 is 11.6 Å². The zero-order valence-corrected chi connectivity index (χ0v) is 10.2. The number of hydrogen-bond acceptors (Lipinski definition) is 2. The van der Waals surface area contributed by atoms with E-state index in [1.54, 1.807) is 0 Å². The third-order valence-corrected chi connectivity index (χ3v) is 2.62. The van der Waals surface area contributed by atoms with Crippen LogP contribution in [0.25, 0.3) is 0 Å². The zero-order chi connectivity index (χ0) is 12.1. The van der Waals surface area contributed by atoms with Crippen molar-refractivity contribution in [1.82, 2.24) is 0 Å². The molecule has 1 rings (SSSR count). The van der Waals surface area contributed by atoms with Crippen molar-refractivity contribution in [3.63, 3.8) is 0 Å². The Hall–Kier alpha value is -1.35. The molecule has 0 spiro atoms. The standard InChI is InChI=1S/C13H20N2O/c1-4-12(14)13(16)15-11-7-5-10(6-8-11)9(2)3/h5-9,12H,4,14H2,1-3H3,(H,15,16). The summed E-state index contributed by atoms with van der Waals surface area (Å²) in [5.41, 5.74) is 7.70. The Morgan fingerprint density at radius 1 is 1.31 bits per heavy atom. The monoisotopic (exact) mass is 220 g/mol. The number of benzene rings is 1. The number of amides is 1. The van der Waals surface area contributed by atoms with Gasteiger partial charge in [0.2, 0.25) is 5.91 Å². The molecule has 88 valence electrons. The van der Waals surface area contributed by atoms with Crippen LogP contribution in [0.15, 0.2) is 24.3 Å². The summed E-state index contributed by atoms with van der Waals surface area (Å²) in [5, 5.41) is 2.79. The van der Waals surface area contributed by atoms with Gasteiger partial charge in [-0.2, -0.15) is 0 Å². The summed E-state index contributed by atoms with van der Waals surface area (Å²) < 4.78 is 0. The molecular weight excluding hydrogens is 200 g/mol. The molecule has 0 aromatic heterocycles. The summed E-state index contributed by atoms with van der Waals surface area (Å²) in [4.78, 5) is 11.5. The van der Waals surface area contributed by atoms with Crippen LogP contribution in [-0.2, 0) is 4.79 Å². The second-order valence-corrected chi connectivity index (χ2v) is 4.28. The highest BCUT2D eigenvalue weighted by Crippen LogP contribution is 2.17. The molecule has 3 nitrogen and oxygen atoms in total. The first-order valence-corrected chi connectivity index (χ1v) is 5.71. The minimum absolute atomic E-state index is 0.125. The maximum Gasteiger partial charge on any atom is 0.241 e. The molecule has 0 aliphatic carbocycles. The van der Waals surface area contributed by atoms with E-state index in [0.29, 0.717) is 12.3 Å². The Morgan fingerprint density at radius 3 is 2.31 bits per heavy atom. The topological polar surface area (TPSA) is 55.1 Å². The first-order valence-electron chi connectivity index (χ1n) is 5.71. The van der Waals surface area contributed by atoms with Gasteiger partial charge in [0.25, 0.3) is 0 Å². The van der Waals surface area contributed by atoms with Crippen LogP contribution in [0.5, 0.6) is 0 Å². The number of carbonyl (C=O) groups is 1. The van der Waals surface area contributed by atoms with E-state index in [0.717, 1.165) is 5.69 Å². The van der Waals surface area contributed by atoms with Crippen LogP contribution >= 0.6 is 0 Å². The minimum atomic E-state index is -0.426. The number of hydrogen-bond donors (Lipinski definition) is 2. The van der Waals surface area contributed by atoms with E-state index in [2.05, 4.69) is 19.2 Å². The first-order chi connectivity index (χ1) is 7.54. The number of nitrogens with two attached hydrogens (primary N) is 1. The fraction of sp³-hybridized carbons (Fsp3) is 0.462. The lowest BCUT2D eigenvalue weighted by atomic mass is 10.0. The van der Waals surface area contributed by atoms with Gasteiger partial charge in [-0.1, -0.05) is 32.9 Å². The molecule has 0 saturated heterocycles. The van der Waals surface area contributed by atoms with Gasteiger partial charge in [-0.05, 0) is 30.0 Å². The third kappa shape index (κ3) is 3.35. The van der Waals surface area contributed by atoms with Gasteiger partial charge in [-0.15, -0.1) is 0 Å². The second kappa shape index (κ2) is 5.66. The van der Waals surface area contributed by atoms with Crippen molar-refractivity contribution in [3.8, 4) is 0 Å². The zero-order valence-electron chi connectivity index (χ0n) is 10.2. The molecule has 0 aliphatic rings. The maximum atomic E-state index is 11.5. The number of nitrogens with one attached hydrogen (secondary N) is 1.